The standard InChI is InChI=1S/C58H91NO14/c1-34-19-15-14-16-20-35(2)47(67-11)31-43-24-22-40(7)58(66,73-43)54(63)55(64)59-26-18-17-21-44(59)56(65)71-48(32-45(60)36(3)28-39(6)52(62)53(69-13)51(61)38(5)27-34)37(4)29-42-23-25-46(49(30-42)68-12)70-50-33-57(9,10)72-41(50)8/h14-16,19-20,28,34,37-44,46-50,52-53,62,66H,17-18,21-27,29-33H2,1-13H3/b16-14?,19-15?,35-20?,36-28+. The molecular formula is C58H91NO14. The monoisotopic (exact) mass is 1030 g/mol. The molecule has 73 heavy (non-hydrogen) atoms. The Morgan fingerprint density at radius 3 is 2.21 bits per heavy atom. The summed E-state index contributed by atoms with van der Waals surface area (Å²) in [5, 5.41) is 23.6. The zero-order valence-electron chi connectivity index (χ0n) is 46.3. The number of allylic oxidation sites excluding steroid dienone is 6. The largest absolute Gasteiger partial charge is 0.460 e. The van der Waals surface area contributed by atoms with Gasteiger partial charge < -0.3 is 48.3 Å². The van der Waals surface area contributed by atoms with E-state index in [2.05, 4.69) is 13.8 Å². The van der Waals surface area contributed by atoms with Gasteiger partial charge in [0.25, 0.3) is 11.7 Å². The normalized spacial score (nSPS) is 39.6. The first-order valence-electron chi connectivity index (χ1n) is 27.3. The van der Waals surface area contributed by atoms with E-state index in [0.717, 1.165) is 24.8 Å². The van der Waals surface area contributed by atoms with Gasteiger partial charge in [0.2, 0.25) is 5.79 Å². The number of ether oxygens (including phenoxy) is 7. The second-order valence-corrected chi connectivity index (χ2v) is 23.0. The Morgan fingerprint density at radius 2 is 1.55 bits per heavy atom. The van der Waals surface area contributed by atoms with Crippen molar-refractivity contribution in [1.29, 1.82) is 0 Å². The van der Waals surface area contributed by atoms with Gasteiger partial charge in [-0.25, -0.2) is 4.79 Å². The van der Waals surface area contributed by atoms with Gasteiger partial charge in [0.15, 0.2) is 11.6 Å². The van der Waals surface area contributed by atoms with Crippen LogP contribution in [0.3, 0.4) is 0 Å². The molecule has 2 N–H and O–H groups in total. The van der Waals surface area contributed by atoms with Crippen LogP contribution in [0.4, 0.5) is 0 Å². The number of fused-ring (bicyclic) bond motifs is 3. The van der Waals surface area contributed by atoms with Crippen molar-refractivity contribution in [3.05, 3.63) is 47.6 Å². The van der Waals surface area contributed by atoms with Crippen molar-refractivity contribution < 1.29 is 67.3 Å². The number of piperidine rings is 1. The van der Waals surface area contributed by atoms with Crippen LogP contribution in [-0.2, 0) is 57.1 Å². The van der Waals surface area contributed by atoms with Crippen molar-refractivity contribution >= 4 is 29.2 Å². The van der Waals surface area contributed by atoms with E-state index in [1.165, 1.54) is 12.0 Å². The van der Waals surface area contributed by atoms with Crippen molar-refractivity contribution in [1.82, 2.24) is 4.90 Å². The van der Waals surface area contributed by atoms with Crippen molar-refractivity contribution in [2.75, 3.05) is 27.9 Å². The lowest BCUT2D eigenvalue weighted by Gasteiger charge is -2.42. The Labute approximate surface area is 436 Å². The van der Waals surface area contributed by atoms with E-state index in [1.807, 2.05) is 65.0 Å². The van der Waals surface area contributed by atoms with Gasteiger partial charge in [0.05, 0.1) is 48.3 Å². The minimum Gasteiger partial charge on any atom is -0.460 e. The third kappa shape index (κ3) is 15.8. The van der Waals surface area contributed by atoms with Crippen molar-refractivity contribution in [3.8, 4) is 0 Å². The second-order valence-electron chi connectivity index (χ2n) is 23.0. The minimum atomic E-state index is -2.43. The molecule has 5 aliphatic rings. The molecule has 17 unspecified atom stereocenters. The van der Waals surface area contributed by atoms with Crippen LogP contribution in [-0.4, -0.2) is 145 Å². The lowest BCUT2D eigenvalue weighted by molar-refractivity contribution is -0.265. The minimum absolute atomic E-state index is 0.0203. The van der Waals surface area contributed by atoms with Gasteiger partial charge in [0, 0.05) is 64.9 Å². The molecule has 1 amide bonds. The quantitative estimate of drug-likeness (QED) is 0.175. The van der Waals surface area contributed by atoms with E-state index in [-0.39, 0.29) is 78.7 Å². The molecular weight excluding hydrogens is 935 g/mol. The zero-order valence-corrected chi connectivity index (χ0v) is 46.3. The van der Waals surface area contributed by atoms with E-state index in [9.17, 15) is 34.2 Å². The van der Waals surface area contributed by atoms with Crippen LogP contribution in [0.1, 0.15) is 153 Å². The van der Waals surface area contributed by atoms with Crippen molar-refractivity contribution in [2.45, 2.75) is 225 Å². The van der Waals surface area contributed by atoms with Gasteiger partial charge >= 0.3 is 5.97 Å². The first-order chi connectivity index (χ1) is 34.4. The van der Waals surface area contributed by atoms with Crippen LogP contribution < -0.4 is 0 Å². The lowest BCUT2D eigenvalue weighted by Crippen LogP contribution is -2.61. The molecule has 0 aromatic rings. The summed E-state index contributed by atoms with van der Waals surface area (Å²) in [6.07, 6.45) is 13.1. The summed E-state index contributed by atoms with van der Waals surface area (Å²) in [7, 11) is 4.68. The molecule has 1 saturated carbocycles. The summed E-state index contributed by atoms with van der Waals surface area (Å²) in [4.78, 5) is 72.7. The molecule has 2 bridgehead atoms. The third-order valence-electron chi connectivity index (χ3n) is 16.5. The molecule has 0 aromatic carbocycles. The summed E-state index contributed by atoms with van der Waals surface area (Å²) in [5.41, 5.74) is 0.939. The number of cyclic esters (lactones) is 1. The Morgan fingerprint density at radius 1 is 0.822 bits per heavy atom. The molecule has 4 fully saturated rings. The Balaban J connectivity index is 1.44. The number of Topliss-reactive ketones (excluding diaryl/α,β-unsaturated/α-hetero) is 3. The van der Waals surface area contributed by atoms with Gasteiger partial charge in [-0.2, -0.15) is 0 Å². The number of aliphatic hydroxyl groups excluding tert-OH is 1. The Hall–Kier alpha value is -3.41. The molecule has 0 radical (unpaired) electrons. The van der Waals surface area contributed by atoms with Crippen LogP contribution >= 0.6 is 0 Å². The maximum absolute atomic E-state index is 14.6. The van der Waals surface area contributed by atoms with Crippen LogP contribution in [0.15, 0.2) is 47.6 Å². The number of rotatable bonds is 8. The topological polar surface area (TPSA) is 194 Å². The average molecular weight is 1030 g/mol. The average Bonchev–Trinajstić information content (AvgIpc) is 3.62. The highest BCUT2D eigenvalue weighted by Crippen LogP contribution is 2.40. The lowest BCUT2D eigenvalue weighted by atomic mass is 9.78. The maximum atomic E-state index is 14.6. The van der Waals surface area contributed by atoms with E-state index in [0.29, 0.717) is 56.9 Å². The molecule has 17 atom stereocenters. The van der Waals surface area contributed by atoms with Crippen molar-refractivity contribution in [2.24, 2.45) is 35.5 Å². The summed E-state index contributed by atoms with van der Waals surface area (Å²) in [6.45, 7) is 19.1. The fraction of sp³-hybridized carbons (Fsp3) is 0.776. The number of aliphatic hydroxyl groups is 2. The van der Waals surface area contributed by atoms with Crippen molar-refractivity contribution in [3.63, 3.8) is 0 Å². The number of carbonyl (C=O) groups is 5. The predicted molar refractivity (Wildman–Crippen MR) is 277 cm³/mol. The number of hydrogen-bond acceptors (Lipinski definition) is 14. The fourth-order valence-electron chi connectivity index (χ4n) is 11.9. The number of hydrogen-bond donors (Lipinski definition) is 2. The fourth-order valence-corrected chi connectivity index (χ4v) is 11.9. The van der Waals surface area contributed by atoms with Gasteiger partial charge in [-0.05, 0) is 128 Å². The summed E-state index contributed by atoms with van der Waals surface area (Å²) < 4.78 is 42.9. The summed E-state index contributed by atoms with van der Waals surface area (Å²) in [5.74, 6) is -7.84. The molecule has 4 aliphatic heterocycles. The Kier molecular flexibility index (Phi) is 22.4. The highest BCUT2D eigenvalue weighted by Gasteiger charge is 2.53. The van der Waals surface area contributed by atoms with E-state index >= 15 is 0 Å². The molecule has 0 spiro atoms. The zero-order chi connectivity index (χ0) is 53.9. The summed E-state index contributed by atoms with van der Waals surface area (Å²) in [6, 6.07) is -1.14. The number of esters is 1. The van der Waals surface area contributed by atoms with Gasteiger partial charge in [-0.15, -0.1) is 0 Å². The molecule has 1 aliphatic carbocycles. The molecule has 4 heterocycles. The van der Waals surface area contributed by atoms with Gasteiger partial charge in [-0.1, -0.05) is 71.1 Å². The molecule has 3 saturated heterocycles. The van der Waals surface area contributed by atoms with E-state index in [4.69, 9.17) is 33.2 Å². The van der Waals surface area contributed by atoms with E-state index < -0.39 is 77.8 Å². The second kappa shape index (κ2) is 27.1. The first kappa shape index (κ1) is 60.5. The molecule has 412 valence electrons. The number of methoxy groups -OCH3 is 3. The number of nitrogens with zero attached hydrogens (tertiary/aromatic N) is 1. The predicted octanol–water partition coefficient (Wildman–Crippen LogP) is 8.16. The van der Waals surface area contributed by atoms with Crippen LogP contribution in [0.2, 0.25) is 0 Å². The number of ketones is 3. The highest BCUT2D eigenvalue weighted by molar-refractivity contribution is 6.39. The number of amides is 1. The third-order valence-corrected chi connectivity index (χ3v) is 16.5. The smallest absolute Gasteiger partial charge is 0.329 e. The molecule has 15 heteroatoms. The van der Waals surface area contributed by atoms with Gasteiger partial charge in [-0.3, -0.25) is 19.2 Å². The SMILES string of the molecule is COC1CC2CCC(C)C(O)(O2)C(=O)C(=O)N2CCCCC2C(=O)OC(C(C)CC2CCC(OC3CC(C)(C)OC3C)C(OC)C2)CC(=O)/C(C)=C/C(C)C(O)C(OC)C(=O)C(C)CC(C)C=CC=CC=C1C. The maximum Gasteiger partial charge on any atom is 0.329 e. The van der Waals surface area contributed by atoms with Crippen LogP contribution in [0, 0.1) is 35.5 Å². The van der Waals surface area contributed by atoms with Crippen LogP contribution in [0.5, 0.6) is 0 Å². The van der Waals surface area contributed by atoms with Crippen LogP contribution in [0.25, 0.3) is 0 Å². The number of carbonyl (C=O) groups excluding carboxylic acids is 5. The summed E-state index contributed by atoms with van der Waals surface area (Å²) >= 11 is 0. The highest BCUT2D eigenvalue weighted by atomic mass is 16.6. The first-order valence-corrected chi connectivity index (χ1v) is 27.3. The molecule has 15 nitrogen and oxygen atoms in total. The molecule has 0 aromatic heterocycles. The van der Waals surface area contributed by atoms with Gasteiger partial charge in [0.1, 0.15) is 18.2 Å². The Bertz CT molecular complexity index is 2010. The molecule has 5 rings (SSSR count). The van der Waals surface area contributed by atoms with E-state index in [1.54, 1.807) is 41.1 Å².